The number of H-pyrrole nitrogens is 1. The molecule has 0 radical (unpaired) electrons. The quantitative estimate of drug-likeness (QED) is 0.640. The molecule has 2 aromatic heterocycles. The van der Waals surface area contributed by atoms with Crippen LogP contribution >= 0.6 is 0 Å². The third-order valence-corrected chi connectivity index (χ3v) is 7.50. The van der Waals surface area contributed by atoms with Crippen LogP contribution in [0.1, 0.15) is 36.8 Å². The number of rotatable bonds is 3. The van der Waals surface area contributed by atoms with E-state index in [2.05, 4.69) is 9.88 Å². The van der Waals surface area contributed by atoms with Crippen LogP contribution in [0.4, 0.5) is 14.5 Å². The smallest absolute Gasteiger partial charge is 0.274 e. The normalized spacial score (nSPS) is 18.6. The molecular weight excluding hydrogens is 436 g/mol. The molecule has 2 aliphatic rings. The van der Waals surface area contributed by atoms with E-state index >= 15 is 0 Å². The Kier molecular flexibility index (Phi) is 4.74. The van der Waals surface area contributed by atoms with Crippen LogP contribution in [0.3, 0.4) is 0 Å². The monoisotopic (exact) mass is 461 g/mol. The lowest BCUT2D eigenvalue weighted by atomic mass is 9.90. The van der Waals surface area contributed by atoms with Crippen LogP contribution < -0.4 is 10.5 Å². The molecule has 3 heterocycles. The Labute approximate surface area is 184 Å². The second kappa shape index (κ2) is 7.16. The lowest BCUT2D eigenvalue weighted by Gasteiger charge is -2.38. The predicted octanol–water partition coefficient (Wildman–Crippen LogP) is 3.98. The van der Waals surface area contributed by atoms with Gasteiger partial charge in [-0.05, 0) is 36.1 Å². The van der Waals surface area contributed by atoms with Crippen LogP contribution in [0.25, 0.3) is 22.0 Å². The number of fused-ring (bicyclic) bond motifs is 2. The van der Waals surface area contributed by atoms with Gasteiger partial charge in [0.25, 0.3) is 5.56 Å². The number of aromatic nitrogens is 2. The molecule has 0 spiro atoms. The minimum atomic E-state index is -3.23. The number of hydrogen-bond donors (Lipinski definition) is 1. The van der Waals surface area contributed by atoms with E-state index in [4.69, 9.17) is 0 Å². The summed E-state index contributed by atoms with van der Waals surface area (Å²) in [7, 11) is -1.55. The molecule has 32 heavy (non-hydrogen) atoms. The standard InChI is InChI=1S/C23H25F2N3O3S/c1-27-12-18-17-9-14(13-32(2,30)31)3-4-19(17)28(16-5-7-23(24,25)8-6-16)11-15-10-26-21(20(15)18)22(27)29/h3-4,9-10,12,16,26H,5-8,11,13H2,1-2H3. The van der Waals surface area contributed by atoms with E-state index < -0.39 is 15.8 Å². The number of pyridine rings is 1. The first-order valence-electron chi connectivity index (χ1n) is 10.7. The van der Waals surface area contributed by atoms with Crippen LogP contribution in [0.2, 0.25) is 0 Å². The SMILES string of the molecule is Cn1cc2c3c(c[nH]c3c1=O)CN(C1CCC(F)(F)CC1)c1ccc(CS(C)(=O)=O)cc1-2. The topological polar surface area (TPSA) is 75.2 Å². The summed E-state index contributed by atoms with van der Waals surface area (Å²) in [5.74, 6) is -2.72. The maximum absolute atomic E-state index is 13.9. The number of halogens is 2. The lowest BCUT2D eigenvalue weighted by molar-refractivity contribution is -0.0382. The van der Waals surface area contributed by atoms with Crippen molar-refractivity contribution in [1.29, 1.82) is 0 Å². The highest BCUT2D eigenvalue weighted by atomic mass is 32.2. The second-order valence-corrected chi connectivity index (χ2v) is 11.3. The third-order valence-electron chi connectivity index (χ3n) is 6.65. The van der Waals surface area contributed by atoms with Gasteiger partial charge in [-0.15, -0.1) is 0 Å². The molecule has 1 N–H and O–H groups in total. The molecular formula is C23H25F2N3O3S. The van der Waals surface area contributed by atoms with Crippen molar-refractivity contribution < 1.29 is 17.2 Å². The number of nitrogens with zero attached hydrogens (tertiary/aromatic N) is 2. The van der Waals surface area contributed by atoms with Crippen LogP contribution in [0.15, 0.2) is 35.4 Å². The molecule has 0 amide bonds. The number of aromatic amines is 1. The number of benzene rings is 1. The minimum Gasteiger partial charge on any atom is -0.364 e. The molecule has 1 saturated carbocycles. The van der Waals surface area contributed by atoms with E-state index in [1.165, 1.54) is 10.8 Å². The first kappa shape index (κ1) is 21.2. The largest absolute Gasteiger partial charge is 0.364 e. The highest BCUT2D eigenvalue weighted by Gasteiger charge is 2.38. The van der Waals surface area contributed by atoms with E-state index in [1.807, 2.05) is 18.3 Å². The van der Waals surface area contributed by atoms with E-state index in [1.54, 1.807) is 19.3 Å². The van der Waals surface area contributed by atoms with Crippen molar-refractivity contribution in [2.75, 3.05) is 11.2 Å². The molecule has 0 atom stereocenters. The molecule has 1 aliphatic carbocycles. The number of nitrogens with one attached hydrogen (secondary N) is 1. The first-order valence-corrected chi connectivity index (χ1v) is 12.7. The highest BCUT2D eigenvalue weighted by Crippen LogP contribution is 2.44. The van der Waals surface area contributed by atoms with E-state index in [-0.39, 0.29) is 30.2 Å². The van der Waals surface area contributed by atoms with Crippen LogP contribution in [0.5, 0.6) is 0 Å². The van der Waals surface area contributed by atoms with Gasteiger partial charge in [-0.3, -0.25) is 4.79 Å². The zero-order chi connectivity index (χ0) is 22.8. The summed E-state index contributed by atoms with van der Waals surface area (Å²) in [6.45, 7) is 0.495. The molecule has 5 rings (SSSR count). The van der Waals surface area contributed by atoms with Crippen molar-refractivity contribution in [3.8, 4) is 11.1 Å². The molecule has 9 heteroatoms. The molecule has 3 aromatic rings. The Hall–Kier alpha value is -2.68. The molecule has 0 bridgehead atoms. The van der Waals surface area contributed by atoms with Crippen molar-refractivity contribution >= 4 is 26.4 Å². The third kappa shape index (κ3) is 3.62. The summed E-state index contributed by atoms with van der Waals surface area (Å²) in [5, 5.41) is 0.814. The van der Waals surface area contributed by atoms with Crippen molar-refractivity contribution in [2.45, 2.75) is 49.9 Å². The van der Waals surface area contributed by atoms with Crippen LogP contribution in [0, 0.1) is 0 Å². The Morgan fingerprint density at radius 1 is 1.19 bits per heavy atom. The Morgan fingerprint density at radius 3 is 2.59 bits per heavy atom. The summed E-state index contributed by atoms with van der Waals surface area (Å²) >= 11 is 0. The Morgan fingerprint density at radius 2 is 1.91 bits per heavy atom. The van der Waals surface area contributed by atoms with Crippen LogP contribution in [-0.2, 0) is 29.2 Å². The first-order chi connectivity index (χ1) is 15.0. The maximum Gasteiger partial charge on any atom is 0.274 e. The van der Waals surface area contributed by atoms with Gasteiger partial charge in [0.05, 0.1) is 5.75 Å². The number of anilines is 1. The molecule has 1 fully saturated rings. The Balaban J connectivity index is 1.72. The van der Waals surface area contributed by atoms with E-state index in [0.29, 0.717) is 30.5 Å². The Bertz CT molecular complexity index is 1380. The molecule has 1 aromatic carbocycles. The second-order valence-electron chi connectivity index (χ2n) is 9.16. The van der Waals surface area contributed by atoms with Crippen LogP contribution in [-0.4, -0.2) is 36.2 Å². The number of hydrogen-bond acceptors (Lipinski definition) is 4. The molecule has 0 saturated heterocycles. The number of sulfone groups is 1. The summed E-state index contributed by atoms with van der Waals surface area (Å²) in [6, 6.07) is 5.50. The van der Waals surface area contributed by atoms with E-state index in [9.17, 15) is 22.0 Å². The number of aryl methyl sites for hydroxylation is 1. The molecule has 0 unspecified atom stereocenters. The fourth-order valence-electron chi connectivity index (χ4n) is 5.14. The van der Waals surface area contributed by atoms with Gasteiger partial charge in [0.2, 0.25) is 5.92 Å². The van der Waals surface area contributed by atoms with Crippen molar-refractivity contribution in [3.05, 3.63) is 52.1 Å². The highest BCUT2D eigenvalue weighted by molar-refractivity contribution is 7.89. The fourth-order valence-corrected chi connectivity index (χ4v) is 5.92. The van der Waals surface area contributed by atoms with Crippen molar-refractivity contribution in [2.24, 2.45) is 7.05 Å². The van der Waals surface area contributed by atoms with Gasteiger partial charge in [0.1, 0.15) is 5.52 Å². The summed E-state index contributed by atoms with van der Waals surface area (Å²) in [4.78, 5) is 18.0. The van der Waals surface area contributed by atoms with Gasteiger partial charge < -0.3 is 14.5 Å². The molecule has 6 nitrogen and oxygen atoms in total. The fraction of sp³-hybridized carbons (Fsp3) is 0.435. The number of alkyl halides is 2. The van der Waals surface area contributed by atoms with Gasteiger partial charge >= 0.3 is 0 Å². The summed E-state index contributed by atoms with van der Waals surface area (Å²) in [5.41, 5.74) is 4.49. The molecule has 1 aliphatic heterocycles. The van der Waals surface area contributed by atoms with Gasteiger partial charge in [-0.1, -0.05) is 6.07 Å². The molecule has 170 valence electrons. The predicted molar refractivity (Wildman–Crippen MR) is 121 cm³/mol. The maximum atomic E-state index is 13.9. The lowest BCUT2D eigenvalue weighted by Crippen LogP contribution is -2.40. The summed E-state index contributed by atoms with van der Waals surface area (Å²) < 4.78 is 53.1. The summed E-state index contributed by atoms with van der Waals surface area (Å²) in [6.07, 6.45) is 5.26. The zero-order valence-electron chi connectivity index (χ0n) is 18.0. The zero-order valence-corrected chi connectivity index (χ0v) is 18.8. The average molecular weight is 462 g/mol. The van der Waals surface area contributed by atoms with Gasteiger partial charge in [0.15, 0.2) is 9.84 Å². The van der Waals surface area contributed by atoms with Crippen molar-refractivity contribution in [1.82, 2.24) is 9.55 Å². The minimum absolute atomic E-state index is 0.0612. The van der Waals surface area contributed by atoms with Gasteiger partial charge in [0, 0.05) is 73.3 Å². The van der Waals surface area contributed by atoms with Gasteiger partial charge in [-0.2, -0.15) is 0 Å². The van der Waals surface area contributed by atoms with Crippen molar-refractivity contribution in [3.63, 3.8) is 0 Å². The van der Waals surface area contributed by atoms with E-state index in [0.717, 1.165) is 27.8 Å². The average Bonchev–Trinajstić information content (AvgIpc) is 3.07. The van der Waals surface area contributed by atoms with Gasteiger partial charge in [-0.25, -0.2) is 17.2 Å².